The van der Waals surface area contributed by atoms with E-state index in [1.807, 2.05) is 0 Å². The number of carbonyl (C=O) groups is 1. The van der Waals surface area contributed by atoms with Gasteiger partial charge in [-0.3, -0.25) is 14.8 Å². The number of aromatic nitrogens is 4. The van der Waals surface area contributed by atoms with Crippen molar-refractivity contribution in [2.45, 2.75) is 6.54 Å². The Morgan fingerprint density at radius 3 is 3.13 bits per heavy atom. The number of rotatable bonds is 3. The molecule has 0 spiro atoms. The Morgan fingerprint density at radius 2 is 2.53 bits per heavy atom. The summed E-state index contributed by atoms with van der Waals surface area (Å²) in [4.78, 5) is 18.0. The van der Waals surface area contributed by atoms with Gasteiger partial charge in [0.15, 0.2) is 0 Å². The monoisotopic (exact) mass is 206 g/mol. The van der Waals surface area contributed by atoms with Crippen LogP contribution in [0.15, 0.2) is 24.7 Å². The van der Waals surface area contributed by atoms with Gasteiger partial charge in [0.05, 0.1) is 0 Å². The normalized spacial score (nSPS) is 10.1. The molecule has 0 aliphatic rings. The van der Waals surface area contributed by atoms with Crippen LogP contribution in [0.4, 0.5) is 11.8 Å². The number of anilines is 2. The number of nitrogen functional groups attached to an aromatic ring is 1. The number of hydrogen-bond donors (Lipinski definition) is 3. The van der Waals surface area contributed by atoms with Crippen LogP contribution >= 0.6 is 0 Å². The first-order valence-electron chi connectivity index (χ1n) is 4.32. The molecule has 0 radical (unpaired) electrons. The van der Waals surface area contributed by atoms with Crippen LogP contribution in [0, 0.1) is 0 Å². The summed E-state index contributed by atoms with van der Waals surface area (Å²) < 4.78 is 1.45. The number of nitrogens with zero attached hydrogens (tertiary/aromatic N) is 3. The van der Waals surface area contributed by atoms with Crippen molar-refractivity contribution in [3.8, 4) is 0 Å². The topological polar surface area (TPSA) is 102 Å². The maximum absolute atomic E-state index is 11.4. The molecule has 2 aromatic heterocycles. The molecule has 0 saturated heterocycles. The predicted molar refractivity (Wildman–Crippen MR) is 53.9 cm³/mol. The van der Waals surface area contributed by atoms with E-state index in [-0.39, 0.29) is 12.5 Å². The highest BCUT2D eigenvalue weighted by atomic mass is 16.2. The van der Waals surface area contributed by atoms with Crippen molar-refractivity contribution in [2.75, 3.05) is 11.1 Å². The minimum absolute atomic E-state index is 0.109. The summed E-state index contributed by atoms with van der Waals surface area (Å²) in [6.07, 6.45) is 4.82. The van der Waals surface area contributed by atoms with E-state index in [0.717, 1.165) is 0 Å². The average molecular weight is 206 g/mol. The lowest BCUT2D eigenvalue weighted by Gasteiger charge is -2.01. The van der Waals surface area contributed by atoms with Crippen molar-refractivity contribution < 1.29 is 4.79 Å². The molecule has 78 valence electrons. The lowest BCUT2D eigenvalue weighted by atomic mass is 10.6. The van der Waals surface area contributed by atoms with E-state index < -0.39 is 0 Å². The largest absolute Gasteiger partial charge is 0.382 e. The average Bonchev–Trinajstić information content (AvgIpc) is 2.77. The summed E-state index contributed by atoms with van der Waals surface area (Å²) in [6.45, 7) is 0.109. The van der Waals surface area contributed by atoms with Crippen molar-refractivity contribution in [3.05, 3.63) is 24.7 Å². The van der Waals surface area contributed by atoms with E-state index >= 15 is 0 Å². The molecule has 0 aliphatic carbocycles. The second-order valence-electron chi connectivity index (χ2n) is 2.92. The summed E-state index contributed by atoms with van der Waals surface area (Å²) in [7, 11) is 0. The van der Waals surface area contributed by atoms with Crippen LogP contribution in [0.25, 0.3) is 0 Å². The molecule has 2 aromatic rings. The zero-order valence-corrected chi connectivity index (χ0v) is 7.84. The molecule has 1 amide bonds. The minimum Gasteiger partial charge on any atom is -0.382 e. The summed E-state index contributed by atoms with van der Waals surface area (Å²) in [5.41, 5.74) is 5.41. The molecule has 2 rings (SSSR count). The second-order valence-corrected chi connectivity index (χ2v) is 2.92. The standard InChI is InChI=1S/C8H10N6O/c9-6-1-4-14(13-6)5-7(15)12-8-10-2-3-11-8/h1-4H,5H2,(H2,9,13)(H2,10,11,12,15). The Bertz CT molecular complexity index is 445. The molecule has 0 fully saturated rings. The molecule has 0 atom stereocenters. The fourth-order valence-corrected chi connectivity index (χ4v) is 1.12. The molecule has 2 heterocycles. The zero-order valence-electron chi connectivity index (χ0n) is 7.84. The van der Waals surface area contributed by atoms with Crippen LogP contribution in [0.3, 0.4) is 0 Å². The Balaban J connectivity index is 1.93. The number of imidazole rings is 1. The van der Waals surface area contributed by atoms with E-state index in [1.165, 1.54) is 4.68 Å². The van der Waals surface area contributed by atoms with Gasteiger partial charge >= 0.3 is 0 Å². The van der Waals surface area contributed by atoms with Gasteiger partial charge in [-0.15, -0.1) is 0 Å². The first-order valence-corrected chi connectivity index (χ1v) is 4.32. The number of H-pyrrole nitrogens is 1. The van der Waals surface area contributed by atoms with E-state index in [4.69, 9.17) is 5.73 Å². The molecule has 4 N–H and O–H groups in total. The van der Waals surface area contributed by atoms with Crippen molar-refractivity contribution in [3.63, 3.8) is 0 Å². The van der Waals surface area contributed by atoms with Gasteiger partial charge in [0.2, 0.25) is 11.9 Å². The summed E-state index contributed by atoms with van der Waals surface area (Å²) >= 11 is 0. The van der Waals surface area contributed by atoms with Gasteiger partial charge in [-0.1, -0.05) is 0 Å². The Kier molecular flexibility index (Phi) is 2.36. The Morgan fingerprint density at radius 1 is 1.67 bits per heavy atom. The van der Waals surface area contributed by atoms with Crippen molar-refractivity contribution >= 4 is 17.7 Å². The summed E-state index contributed by atoms with van der Waals surface area (Å²) in [6, 6.07) is 1.63. The van der Waals surface area contributed by atoms with Crippen LogP contribution < -0.4 is 11.1 Å². The lowest BCUT2D eigenvalue weighted by molar-refractivity contribution is -0.116. The second kappa shape index (κ2) is 3.82. The van der Waals surface area contributed by atoms with Crippen LogP contribution in [0.5, 0.6) is 0 Å². The van der Waals surface area contributed by atoms with Gasteiger partial charge in [-0.05, 0) is 6.07 Å². The summed E-state index contributed by atoms with van der Waals surface area (Å²) in [5.74, 6) is 0.592. The van der Waals surface area contributed by atoms with E-state index in [2.05, 4.69) is 20.4 Å². The molecular formula is C8H10N6O. The maximum atomic E-state index is 11.4. The highest BCUT2D eigenvalue weighted by molar-refractivity contribution is 5.88. The third-order valence-corrected chi connectivity index (χ3v) is 1.72. The molecular weight excluding hydrogens is 196 g/mol. The number of aromatic amines is 1. The Hall–Kier alpha value is -2.31. The molecule has 0 aromatic carbocycles. The van der Waals surface area contributed by atoms with Gasteiger partial charge in [-0.2, -0.15) is 5.10 Å². The highest BCUT2D eigenvalue weighted by Gasteiger charge is 2.05. The fourth-order valence-electron chi connectivity index (χ4n) is 1.12. The quantitative estimate of drug-likeness (QED) is 0.648. The first-order chi connectivity index (χ1) is 7.24. The van der Waals surface area contributed by atoms with Crippen molar-refractivity contribution in [1.82, 2.24) is 19.7 Å². The summed E-state index contributed by atoms with van der Waals surface area (Å²) in [5, 5.41) is 6.46. The molecule has 0 unspecified atom stereocenters. The lowest BCUT2D eigenvalue weighted by Crippen LogP contribution is -2.19. The van der Waals surface area contributed by atoms with Gasteiger partial charge in [0, 0.05) is 18.6 Å². The molecule has 0 saturated carbocycles. The molecule has 15 heavy (non-hydrogen) atoms. The van der Waals surface area contributed by atoms with Gasteiger partial charge in [0.1, 0.15) is 12.4 Å². The van der Waals surface area contributed by atoms with Crippen LogP contribution in [0.1, 0.15) is 0 Å². The minimum atomic E-state index is -0.215. The number of nitrogens with two attached hydrogens (primary N) is 1. The Labute approximate surface area is 85.3 Å². The smallest absolute Gasteiger partial charge is 0.248 e. The molecule has 7 heteroatoms. The molecule has 7 nitrogen and oxygen atoms in total. The number of nitrogens with one attached hydrogen (secondary N) is 2. The van der Waals surface area contributed by atoms with Gasteiger partial charge < -0.3 is 10.7 Å². The molecule has 0 aliphatic heterocycles. The number of amides is 1. The van der Waals surface area contributed by atoms with Crippen LogP contribution in [-0.4, -0.2) is 25.7 Å². The molecule has 0 bridgehead atoms. The van der Waals surface area contributed by atoms with Gasteiger partial charge in [0.25, 0.3) is 0 Å². The van der Waals surface area contributed by atoms with Crippen LogP contribution in [-0.2, 0) is 11.3 Å². The van der Waals surface area contributed by atoms with Crippen molar-refractivity contribution in [2.24, 2.45) is 0 Å². The maximum Gasteiger partial charge on any atom is 0.248 e. The highest BCUT2D eigenvalue weighted by Crippen LogP contribution is 1.98. The fraction of sp³-hybridized carbons (Fsp3) is 0.125. The predicted octanol–water partition coefficient (Wildman–Crippen LogP) is -0.173. The van der Waals surface area contributed by atoms with E-state index in [1.54, 1.807) is 24.7 Å². The third-order valence-electron chi connectivity index (χ3n) is 1.72. The SMILES string of the molecule is Nc1ccn(CC(=O)Nc2ncc[nH]2)n1. The van der Waals surface area contributed by atoms with Crippen LogP contribution in [0.2, 0.25) is 0 Å². The third kappa shape index (κ3) is 2.33. The first kappa shape index (κ1) is 9.25. The van der Waals surface area contributed by atoms with E-state index in [0.29, 0.717) is 11.8 Å². The number of hydrogen-bond acceptors (Lipinski definition) is 4. The van der Waals surface area contributed by atoms with E-state index in [9.17, 15) is 4.79 Å². The number of carbonyl (C=O) groups excluding carboxylic acids is 1. The van der Waals surface area contributed by atoms with Crippen molar-refractivity contribution in [1.29, 1.82) is 0 Å². The van der Waals surface area contributed by atoms with Gasteiger partial charge in [-0.25, -0.2) is 4.98 Å². The zero-order chi connectivity index (χ0) is 10.7.